The minimum atomic E-state index is -2.86. The summed E-state index contributed by atoms with van der Waals surface area (Å²) in [6.07, 6.45) is 1.67. The minimum absolute atomic E-state index is 0.0496. The van der Waals surface area contributed by atoms with Gasteiger partial charge in [-0.05, 0) is 25.0 Å². The van der Waals surface area contributed by atoms with Crippen molar-refractivity contribution < 1.29 is 8.42 Å². The molecule has 5 nitrogen and oxygen atoms in total. The molecule has 0 radical (unpaired) electrons. The van der Waals surface area contributed by atoms with Crippen LogP contribution >= 0.6 is 0 Å². The molecule has 0 spiro atoms. The predicted octanol–water partition coefficient (Wildman–Crippen LogP) is 1.24. The fourth-order valence-corrected chi connectivity index (χ4v) is 4.44. The first kappa shape index (κ1) is 13.6. The van der Waals surface area contributed by atoms with Gasteiger partial charge in [0.25, 0.3) is 0 Å². The number of aryl methyl sites for hydroxylation is 1. The largest absolute Gasteiger partial charge is 0.330 e. The first-order valence-electron chi connectivity index (χ1n) is 6.89. The molecule has 0 bridgehead atoms. The summed E-state index contributed by atoms with van der Waals surface area (Å²) >= 11 is 0. The molecule has 1 fully saturated rings. The minimum Gasteiger partial charge on any atom is -0.330 e. The number of aromatic nitrogens is 2. The van der Waals surface area contributed by atoms with Gasteiger partial charge in [0.2, 0.25) is 0 Å². The molecule has 1 saturated heterocycles. The standard InChI is InChI=1S/C14H19N3O2S/c1-17-13-7-3-2-6-12(13)16-14(17)9-15-11-5-4-8-20(18,19)10-11/h2-3,6-7,11,15H,4-5,8-10H2,1H3. The van der Waals surface area contributed by atoms with Gasteiger partial charge in [0.15, 0.2) is 9.84 Å². The summed E-state index contributed by atoms with van der Waals surface area (Å²) in [5.41, 5.74) is 2.07. The van der Waals surface area contributed by atoms with Crippen LogP contribution in [0.2, 0.25) is 0 Å². The Hall–Kier alpha value is -1.40. The van der Waals surface area contributed by atoms with Crippen molar-refractivity contribution in [1.29, 1.82) is 0 Å². The van der Waals surface area contributed by atoms with Crippen molar-refractivity contribution >= 4 is 20.9 Å². The van der Waals surface area contributed by atoms with E-state index >= 15 is 0 Å². The zero-order valence-corrected chi connectivity index (χ0v) is 12.4. The first-order chi connectivity index (χ1) is 9.55. The monoisotopic (exact) mass is 293 g/mol. The molecular formula is C14H19N3O2S. The van der Waals surface area contributed by atoms with Crippen LogP contribution in [0.1, 0.15) is 18.7 Å². The van der Waals surface area contributed by atoms with Gasteiger partial charge < -0.3 is 9.88 Å². The first-order valence-corrected chi connectivity index (χ1v) is 8.71. The smallest absolute Gasteiger partial charge is 0.151 e. The van der Waals surface area contributed by atoms with Crippen LogP contribution in [0.25, 0.3) is 11.0 Å². The Balaban J connectivity index is 1.72. The third-order valence-corrected chi connectivity index (χ3v) is 5.71. The fraction of sp³-hybridized carbons (Fsp3) is 0.500. The fourth-order valence-electron chi connectivity index (χ4n) is 2.77. The van der Waals surface area contributed by atoms with Crippen molar-refractivity contribution in [3.63, 3.8) is 0 Å². The molecule has 0 saturated carbocycles. The molecule has 6 heteroatoms. The van der Waals surface area contributed by atoms with Crippen molar-refractivity contribution in [2.24, 2.45) is 7.05 Å². The maximum absolute atomic E-state index is 11.6. The third-order valence-electron chi connectivity index (χ3n) is 3.89. The van der Waals surface area contributed by atoms with E-state index in [0.29, 0.717) is 12.3 Å². The number of rotatable bonds is 3. The van der Waals surface area contributed by atoms with Gasteiger partial charge in [-0.2, -0.15) is 0 Å². The summed E-state index contributed by atoms with van der Waals surface area (Å²) in [6, 6.07) is 8.05. The van der Waals surface area contributed by atoms with E-state index in [1.165, 1.54) is 0 Å². The number of sulfone groups is 1. The molecule has 20 heavy (non-hydrogen) atoms. The zero-order chi connectivity index (χ0) is 14.2. The van der Waals surface area contributed by atoms with Crippen LogP contribution < -0.4 is 5.32 Å². The molecular weight excluding hydrogens is 274 g/mol. The van der Waals surface area contributed by atoms with Crippen LogP contribution in [0, 0.1) is 0 Å². The molecule has 2 heterocycles. The van der Waals surface area contributed by atoms with Crippen LogP contribution in [0.4, 0.5) is 0 Å². The van der Waals surface area contributed by atoms with Gasteiger partial charge in [0, 0.05) is 13.1 Å². The van der Waals surface area contributed by atoms with E-state index in [4.69, 9.17) is 0 Å². The molecule has 1 unspecified atom stereocenters. The summed E-state index contributed by atoms with van der Waals surface area (Å²) in [6.45, 7) is 0.603. The van der Waals surface area contributed by atoms with Crippen LogP contribution in [-0.4, -0.2) is 35.5 Å². The highest BCUT2D eigenvalue weighted by Gasteiger charge is 2.24. The van der Waals surface area contributed by atoms with Crippen LogP contribution in [0.5, 0.6) is 0 Å². The zero-order valence-electron chi connectivity index (χ0n) is 11.5. The van der Waals surface area contributed by atoms with Crippen LogP contribution in [0.15, 0.2) is 24.3 Å². The maximum atomic E-state index is 11.6. The lowest BCUT2D eigenvalue weighted by Crippen LogP contribution is -2.40. The quantitative estimate of drug-likeness (QED) is 0.925. The van der Waals surface area contributed by atoms with Crippen LogP contribution in [-0.2, 0) is 23.4 Å². The molecule has 2 aromatic rings. The highest BCUT2D eigenvalue weighted by atomic mass is 32.2. The molecule has 1 aliphatic heterocycles. The number of benzene rings is 1. The second-order valence-electron chi connectivity index (χ2n) is 5.41. The van der Waals surface area contributed by atoms with Crippen molar-refractivity contribution in [3.05, 3.63) is 30.1 Å². The molecule has 0 amide bonds. The Bertz CT molecular complexity index is 721. The summed E-state index contributed by atoms with van der Waals surface area (Å²) < 4.78 is 25.3. The number of nitrogens with zero attached hydrogens (tertiary/aromatic N) is 2. The second kappa shape index (κ2) is 5.18. The van der Waals surface area contributed by atoms with Crippen LogP contribution in [0.3, 0.4) is 0 Å². The molecule has 1 aliphatic rings. The highest BCUT2D eigenvalue weighted by Crippen LogP contribution is 2.16. The summed E-state index contributed by atoms with van der Waals surface area (Å²) in [7, 11) is -0.871. The van der Waals surface area contributed by atoms with Gasteiger partial charge in [0.05, 0.1) is 29.1 Å². The molecule has 3 rings (SSSR count). The average molecular weight is 293 g/mol. The van der Waals surface area contributed by atoms with E-state index in [-0.39, 0.29) is 11.8 Å². The number of imidazole rings is 1. The van der Waals surface area contributed by atoms with E-state index in [2.05, 4.69) is 14.9 Å². The summed E-state index contributed by atoms with van der Waals surface area (Å²) in [5.74, 6) is 1.52. The van der Waals surface area contributed by atoms with Gasteiger partial charge in [-0.25, -0.2) is 13.4 Å². The van der Waals surface area contributed by atoms with Crippen molar-refractivity contribution in [1.82, 2.24) is 14.9 Å². The predicted molar refractivity (Wildman–Crippen MR) is 79.2 cm³/mol. The van der Waals surface area contributed by atoms with E-state index in [9.17, 15) is 8.42 Å². The van der Waals surface area contributed by atoms with Gasteiger partial charge >= 0.3 is 0 Å². The molecule has 1 atom stereocenters. The van der Waals surface area contributed by atoms with E-state index in [0.717, 1.165) is 29.7 Å². The summed E-state index contributed by atoms with van der Waals surface area (Å²) in [5, 5.41) is 3.33. The molecule has 108 valence electrons. The lowest BCUT2D eigenvalue weighted by molar-refractivity contribution is 0.471. The number of fused-ring (bicyclic) bond motifs is 1. The molecule has 1 aromatic carbocycles. The molecule has 1 aromatic heterocycles. The van der Waals surface area contributed by atoms with Gasteiger partial charge in [-0.3, -0.25) is 0 Å². The number of hydrogen-bond donors (Lipinski definition) is 1. The second-order valence-corrected chi connectivity index (χ2v) is 7.64. The SMILES string of the molecule is Cn1c(CNC2CCCS(=O)(=O)C2)nc2ccccc21. The molecule has 1 N–H and O–H groups in total. The van der Waals surface area contributed by atoms with E-state index < -0.39 is 9.84 Å². The lowest BCUT2D eigenvalue weighted by Gasteiger charge is -2.22. The van der Waals surface area contributed by atoms with Gasteiger partial charge in [-0.15, -0.1) is 0 Å². The Labute approximate surface area is 118 Å². The molecule has 0 aliphatic carbocycles. The van der Waals surface area contributed by atoms with Gasteiger partial charge in [-0.1, -0.05) is 12.1 Å². The Morgan fingerprint density at radius 1 is 1.40 bits per heavy atom. The Morgan fingerprint density at radius 2 is 2.20 bits per heavy atom. The summed E-state index contributed by atoms with van der Waals surface area (Å²) in [4.78, 5) is 4.58. The number of hydrogen-bond acceptors (Lipinski definition) is 4. The maximum Gasteiger partial charge on any atom is 0.151 e. The average Bonchev–Trinajstić information content (AvgIpc) is 2.73. The number of para-hydroxylation sites is 2. The van der Waals surface area contributed by atoms with E-state index in [1.54, 1.807) is 0 Å². The number of nitrogens with one attached hydrogen (secondary N) is 1. The normalized spacial score (nSPS) is 22.1. The van der Waals surface area contributed by atoms with Crippen molar-refractivity contribution in [3.8, 4) is 0 Å². The topological polar surface area (TPSA) is 64.0 Å². The van der Waals surface area contributed by atoms with Crippen molar-refractivity contribution in [2.75, 3.05) is 11.5 Å². The Morgan fingerprint density at radius 3 is 2.95 bits per heavy atom. The van der Waals surface area contributed by atoms with E-state index in [1.807, 2.05) is 31.3 Å². The highest BCUT2D eigenvalue weighted by molar-refractivity contribution is 7.91. The lowest BCUT2D eigenvalue weighted by atomic mass is 10.2. The third kappa shape index (κ3) is 2.71. The Kier molecular flexibility index (Phi) is 3.52. The van der Waals surface area contributed by atoms with Gasteiger partial charge in [0.1, 0.15) is 5.82 Å². The van der Waals surface area contributed by atoms with Crippen molar-refractivity contribution in [2.45, 2.75) is 25.4 Å².